The summed E-state index contributed by atoms with van der Waals surface area (Å²) in [5, 5.41) is 7.54. The summed E-state index contributed by atoms with van der Waals surface area (Å²) in [4.78, 5) is 12.9. The van der Waals surface area contributed by atoms with E-state index in [1.165, 1.54) is 28.3 Å². The lowest BCUT2D eigenvalue weighted by molar-refractivity contribution is 0.390. The number of hydrogen-bond donors (Lipinski definition) is 1. The van der Waals surface area contributed by atoms with Crippen LogP contribution in [-0.2, 0) is 15.6 Å². The van der Waals surface area contributed by atoms with E-state index in [9.17, 15) is 8.42 Å². The summed E-state index contributed by atoms with van der Waals surface area (Å²) < 4.78 is 45.2. The number of nitrogens with zero attached hydrogens (tertiary/aromatic N) is 6. The van der Waals surface area contributed by atoms with Crippen molar-refractivity contribution in [3.8, 4) is 34.6 Å². The molecule has 4 aromatic rings. The van der Waals surface area contributed by atoms with Crippen molar-refractivity contribution in [2.75, 3.05) is 21.3 Å². The van der Waals surface area contributed by atoms with E-state index in [4.69, 9.17) is 19.9 Å². The number of rotatable bonds is 10. The van der Waals surface area contributed by atoms with Crippen LogP contribution in [0.15, 0.2) is 48.8 Å². The quantitative estimate of drug-likeness (QED) is 0.316. The van der Waals surface area contributed by atoms with Crippen LogP contribution in [0.5, 0.6) is 17.4 Å². The van der Waals surface area contributed by atoms with Gasteiger partial charge in [-0.3, -0.25) is 4.57 Å². The van der Waals surface area contributed by atoms with Crippen molar-refractivity contribution in [1.82, 2.24) is 29.7 Å². The monoisotopic (exact) mass is 539 g/mol. The van der Waals surface area contributed by atoms with Gasteiger partial charge in [-0.05, 0) is 37.6 Å². The van der Waals surface area contributed by atoms with Gasteiger partial charge in [0.1, 0.15) is 34.5 Å². The lowest BCUT2D eigenvalue weighted by atomic mass is 10.2. The Morgan fingerprint density at radius 3 is 2.18 bits per heavy atom. The summed E-state index contributed by atoms with van der Waals surface area (Å²) in [5.41, 5.74) is 7.96. The average molecular weight is 540 g/mol. The van der Waals surface area contributed by atoms with E-state index in [2.05, 4.69) is 25.1 Å². The van der Waals surface area contributed by atoms with Gasteiger partial charge < -0.3 is 19.9 Å². The van der Waals surface area contributed by atoms with Crippen molar-refractivity contribution in [1.29, 1.82) is 0 Å². The standard InChI is InChI=1S/C25H29N7O5S/c1-15-12-27-24(28-13-15)22(26)16(2)38(33,34)14-20-30-31-25(17-8-6-11-21(29-17)37-5)32(20)23-18(35-3)9-7-10-19(23)36-4/h6-13,16,22H,14,26H2,1-5H3/t16-,22-/m1/s1. The number of sulfone groups is 1. The molecule has 0 bridgehead atoms. The maximum atomic E-state index is 13.6. The van der Waals surface area contributed by atoms with Gasteiger partial charge in [0, 0.05) is 18.5 Å². The Hall–Kier alpha value is -4.10. The summed E-state index contributed by atoms with van der Waals surface area (Å²) >= 11 is 0. The highest BCUT2D eigenvalue weighted by molar-refractivity contribution is 7.91. The molecule has 38 heavy (non-hydrogen) atoms. The van der Waals surface area contributed by atoms with Gasteiger partial charge >= 0.3 is 0 Å². The summed E-state index contributed by atoms with van der Waals surface area (Å²) in [5.74, 6) is 1.35. The Morgan fingerprint density at radius 1 is 0.947 bits per heavy atom. The molecule has 200 valence electrons. The minimum absolute atomic E-state index is 0.122. The van der Waals surface area contributed by atoms with Gasteiger partial charge in [-0.2, -0.15) is 0 Å². The molecule has 0 radical (unpaired) electrons. The zero-order valence-electron chi connectivity index (χ0n) is 21.7. The topological polar surface area (TPSA) is 157 Å². The molecule has 0 amide bonds. The normalized spacial score (nSPS) is 13.1. The third kappa shape index (κ3) is 5.29. The lowest BCUT2D eigenvalue weighted by Crippen LogP contribution is -2.33. The highest BCUT2D eigenvalue weighted by atomic mass is 32.2. The molecule has 0 aliphatic rings. The van der Waals surface area contributed by atoms with Crippen molar-refractivity contribution >= 4 is 9.84 Å². The molecule has 0 saturated carbocycles. The molecule has 0 unspecified atom stereocenters. The SMILES string of the molecule is COc1cccc(-c2nnc(CS(=O)(=O)[C@H](C)[C@@H](N)c3ncc(C)cn3)n2-c2c(OC)cccc2OC)n1. The maximum absolute atomic E-state index is 13.6. The Balaban J connectivity index is 1.84. The van der Waals surface area contributed by atoms with Gasteiger partial charge in [0.15, 0.2) is 21.5 Å². The molecule has 1 aromatic carbocycles. The van der Waals surface area contributed by atoms with Crippen LogP contribution in [0, 0.1) is 6.92 Å². The van der Waals surface area contributed by atoms with Crippen molar-refractivity contribution < 1.29 is 22.6 Å². The molecule has 2 atom stereocenters. The van der Waals surface area contributed by atoms with Crippen LogP contribution in [0.2, 0.25) is 0 Å². The number of hydrogen-bond acceptors (Lipinski definition) is 11. The van der Waals surface area contributed by atoms with E-state index in [-0.39, 0.29) is 17.5 Å². The summed E-state index contributed by atoms with van der Waals surface area (Å²) in [6.45, 7) is 3.36. The summed E-state index contributed by atoms with van der Waals surface area (Å²) in [6, 6.07) is 9.43. The number of pyridine rings is 1. The van der Waals surface area contributed by atoms with Gasteiger partial charge in [-0.15, -0.1) is 10.2 Å². The highest BCUT2D eigenvalue weighted by Crippen LogP contribution is 2.37. The van der Waals surface area contributed by atoms with E-state index in [1.807, 2.05) is 6.92 Å². The lowest BCUT2D eigenvalue weighted by Gasteiger charge is -2.20. The van der Waals surface area contributed by atoms with Gasteiger partial charge in [0.05, 0.1) is 32.6 Å². The molecule has 0 spiro atoms. The Bertz CT molecular complexity index is 1500. The van der Waals surface area contributed by atoms with E-state index in [0.29, 0.717) is 28.8 Å². The van der Waals surface area contributed by atoms with Crippen molar-refractivity contribution in [3.63, 3.8) is 0 Å². The van der Waals surface area contributed by atoms with Gasteiger partial charge in [-0.25, -0.2) is 23.4 Å². The Labute approximate surface area is 220 Å². The molecule has 0 fully saturated rings. The minimum atomic E-state index is -3.88. The van der Waals surface area contributed by atoms with Crippen molar-refractivity contribution in [2.45, 2.75) is 30.9 Å². The van der Waals surface area contributed by atoms with Crippen molar-refractivity contribution in [2.24, 2.45) is 5.73 Å². The third-order valence-corrected chi connectivity index (χ3v) is 8.11. The zero-order chi connectivity index (χ0) is 27.4. The summed E-state index contributed by atoms with van der Waals surface area (Å²) in [6.07, 6.45) is 3.19. The van der Waals surface area contributed by atoms with Crippen LogP contribution in [0.3, 0.4) is 0 Å². The molecule has 3 heterocycles. The summed E-state index contributed by atoms with van der Waals surface area (Å²) in [7, 11) is 0.634. The first-order chi connectivity index (χ1) is 18.2. The second-order valence-corrected chi connectivity index (χ2v) is 10.9. The van der Waals surface area contributed by atoms with Crippen LogP contribution in [-0.4, -0.2) is 64.7 Å². The second-order valence-electron chi connectivity index (χ2n) is 8.51. The van der Waals surface area contributed by atoms with Gasteiger partial charge in [0.25, 0.3) is 0 Å². The smallest absolute Gasteiger partial charge is 0.213 e. The molecular weight excluding hydrogens is 510 g/mol. The molecule has 4 rings (SSSR count). The van der Waals surface area contributed by atoms with Crippen LogP contribution < -0.4 is 19.9 Å². The Kier molecular flexibility index (Phi) is 7.88. The fourth-order valence-corrected chi connectivity index (χ4v) is 5.21. The number of para-hydroxylation sites is 1. The largest absolute Gasteiger partial charge is 0.494 e. The van der Waals surface area contributed by atoms with E-state index < -0.39 is 26.9 Å². The minimum Gasteiger partial charge on any atom is -0.494 e. The maximum Gasteiger partial charge on any atom is 0.213 e. The van der Waals surface area contributed by atoms with E-state index in [0.717, 1.165) is 5.56 Å². The van der Waals surface area contributed by atoms with E-state index >= 15 is 0 Å². The average Bonchev–Trinajstić information content (AvgIpc) is 3.34. The molecule has 0 aliphatic heterocycles. The fourth-order valence-electron chi connectivity index (χ4n) is 3.84. The molecule has 0 saturated heterocycles. The first-order valence-corrected chi connectivity index (χ1v) is 13.3. The molecule has 13 heteroatoms. The Morgan fingerprint density at radius 2 is 1.58 bits per heavy atom. The number of benzene rings is 1. The number of aromatic nitrogens is 6. The number of methoxy groups -OCH3 is 3. The first kappa shape index (κ1) is 26.9. The highest BCUT2D eigenvalue weighted by Gasteiger charge is 2.33. The zero-order valence-corrected chi connectivity index (χ0v) is 22.5. The van der Waals surface area contributed by atoms with Crippen LogP contribution in [0.1, 0.15) is 30.2 Å². The second kappa shape index (κ2) is 11.1. The number of nitrogens with two attached hydrogens (primary N) is 1. The number of ether oxygens (including phenoxy) is 3. The van der Waals surface area contributed by atoms with Gasteiger partial charge in [0.2, 0.25) is 5.88 Å². The molecule has 2 N–H and O–H groups in total. The van der Waals surface area contributed by atoms with Gasteiger partial charge in [-0.1, -0.05) is 12.1 Å². The predicted molar refractivity (Wildman–Crippen MR) is 140 cm³/mol. The van der Waals surface area contributed by atoms with Crippen molar-refractivity contribution in [3.05, 3.63) is 66.0 Å². The van der Waals surface area contributed by atoms with Crippen LogP contribution in [0.4, 0.5) is 0 Å². The fraction of sp³-hybridized carbons (Fsp3) is 0.320. The predicted octanol–water partition coefficient (Wildman–Crippen LogP) is 2.46. The number of aryl methyl sites for hydroxylation is 1. The van der Waals surface area contributed by atoms with Crippen LogP contribution in [0.25, 0.3) is 17.2 Å². The van der Waals surface area contributed by atoms with Crippen LogP contribution >= 0.6 is 0 Å². The van der Waals surface area contributed by atoms with E-state index in [1.54, 1.807) is 53.4 Å². The molecule has 0 aliphatic carbocycles. The third-order valence-electron chi connectivity index (χ3n) is 6.02. The molecule has 3 aromatic heterocycles. The molecular formula is C25H29N7O5S. The molecule has 12 nitrogen and oxygen atoms in total. The first-order valence-electron chi connectivity index (χ1n) is 11.6.